The quantitative estimate of drug-likeness (QED) is 0.806. The molecule has 3 heteroatoms. The van der Waals surface area contributed by atoms with Crippen molar-refractivity contribution in [3.05, 3.63) is 69.2 Å². The third-order valence-electron chi connectivity index (χ3n) is 4.08. The normalized spacial score (nSPS) is 22.2. The van der Waals surface area contributed by atoms with Crippen LogP contribution in [0.15, 0.2) is 42.5 Å². The predicted molar refractivity (Wildman–Crippen MR) is 85.8 cm³/mol. The van der Waals surface area contributed by atoms with Gasteiger partial charge in [-0.2, -0.15) is 0 Å². The van der Waals surface area contributed by atoms with E-state index in [1.165, 1.54) is 16.7 Å². The molecule has 0 amide bonds. The second kappa shape index (κ2) is 5.77. The molecular weight excluding hydrogens is 289 g/mol. The van der Waals surface area contributed by atoms with Crippen molar-refractivity contribution in [1.29, 1.82) is 0 Å². The van der Waals surface area contributed by atoms with Crippen LogP contribution in [-0.2, 0) is 0 Å². The van der Waals surface area contributed by atoms with Gasteiger partial charge in [-0.25, -0.2) is 0 Å². The third kappa shape index (κ3) is 2.46. The molecule has 2 aromatic carbocycles. The largest absolute Gasteiger partial charge is 0.313 e. The summed E-state index contributed by atoms with van der Waals surface area (Å²) in [5, 5.41) is 4.46. The second-order valence-corrected chi connectivity index (χ2v) is 6.00. The molecule has 0 aliphatic heterocycles. The fraction of sp³-hybridized carbons (Fsp3) is 0.294. The lowest BCUT2D eigenvalue weighted by molar-refractivity contribution is 0.471. The standard InChI is InChI=1S/C17H17Cl2N/c1-20-17-9-7-12(13-4-2-3-5-14(13)17)11-6-8-15(18)16(19)10-11/h2-6,8,10,12,17,20H,7,9H2,1H3/t12-,17-/m0/s1/i1D. The average molecular weight is 307 g/mol. The fourth-order valence-corrected chi connectivity index (χ4v) is 3.38. The van der Waals surface area contributed by atoms with E-state index in [1.807, 2.05) is 12.1 Å². The Morgan fingerprint density at radius 2 is 1.85 bits per heavy atom. The van der Waals surface area contributed by atoms with E-state index in [4.69, 9.17) is 24.6 Å². The van der Waals surface area contributed by atoms with E-state index < -0.39 is 0 Å². The first-order chi connectivity index (χ1) is 10.2. The molecule has 1 aliphatic carbocycles. The van der Waals surface area contributed by atoms with Crippen LogP contribution < -0.4 is 5.32 Å². The molecule has 0 heterocycles. The molecule has 1 N–H and O–H groups in total. The highest BCUT2D eigenvalue weighted by Crippen LogP contribution is 2.42. The van der Waals surface area contributed by atoms with E-state index in [0.717, 1.165) is 12.8 Å². The maximum absolute atomic E-state index is 7.40. The van der Waals surface area contributed by atoms with Crippen molar-refractivity contribution in [2.45, 2.75) is 24.8 Å². The van der Waals surface area contributed by atoms with Crippen LogP contribution >= 0.6 is 23.2 Å². The Morgan fingerprint density at radius 3 is 2.60 bits per heavy atom. The van der Waals surface area contributed by atoms with Gasteiger partial charge in [0.15, 0.2) is 0 Å². The van der Waals surface area contributed by atoms with Crippen LogP contribution in [0.2, 0.25) is 10.0 Å². The molecule has 0 fully saturated rings. The summed E-state index contributed by atoms with van der Waals surface area (Å²) in [5.41, 5.74) is 3.83. The monoisotopic (exact) mass is 306 g/mol. The first kappa shape index (κ1) is 12.7. The topological polar surface area (TPSA) is 12.0 Å². The lowest BCUT2D eigenvalue weighted by atomic mass is 9.77. The van der Waals surface area contributed by atoms with Crippen molar-refractivity contribution in [2.24, 2.45) is 0 Å². The Morgan fingerprint density at radius 1 is 1.05 bits per heavy atom. The highest BCUT2D eigenvalue weighted by atomic mass is 35.5. The SMILES string of the molecule is [2H]CN[C@H]1CC[C@@H](c2ccc(Cl)c(Cl)c2)c2ccccc21. The van der Waals surface area contributed by atoms with Gasteiger partial charge in [0.1, 0.15) is 0 Å². The Bertz CT molecular complexity index is 644. The minimum absolute atomic E-state index is 0.246. The lowest BCUT2D eigenvalue weighted by Crippen LogP contribution is -2.24. The molecule has 1 nitrogen and oxygen atoms in total. The van der Waals surface area contributed by atoms with Gasteiger partial charge in [0.05, 0.1) is 10.0 Å². The summed E-state index contributed by atoms with van der Waals surface area (Å²) in [6.07, 6.45) is 2.08. The van der Waals surface area contributed by atoms with Crippen LogP contribution in [0.25, 0.3) is 0 Å². The second-order valence-electron chi connectivity index (χ2n) is 5.19. The van der Waals surface area contributed by atoms with Crippen molar-refractivity contribution in [3.8, 4) is 0 Å². The molecule has 104 valence electrons. The van der Waals surface area contributed by atoms with E-state index in [1.54, 1.807) is 0 Å². The molecule has 2 aromatic rings. The highest BCUT2D eigenvalue weighted by Gasteiger charge is 2.27. The molecule has 2 atom stereocenters. The van der Waals surface area contributed by atoms with Crippen LogP contribution in [0.3, 0.4) is 0 Å². The summed E-state index contributed by atoms with van der Waals surface area (Å²) in [6.45, 7) is 0. The number of halogens is 2. The van der Waals surface area contributed by atoms with Crippen LogP contribution in [0.4, 0.5) is 0 Å². The summed E-state index contributed by atoms with van der Waals surface area (Å²) in [6, 6.07) is 14.7. The molecule has 20 heavy (non-hydrogen) atoms. The van der Waals surface area contributed by atoms with Crippen molar-refractivity contribution < 1.29 is 1.37 Å². The zero-order chi connectivity index (χ0) is 14.8. The van der Waals surface area contributed by atoms with Gasteiger partial charge in [-0.1, -0.05) is 53.5 Å². The maximum Gasteiger partial charge on any atom is 0.0595 e. The van der Waals surface area contributed by atoms with Crippen molar-refractivity contribution in [3.63, 3.8) is 0 Å². The van der Waals surface area contributed by atoms with Gasteiger partial charge >= 0.3 is 0 Å². The van der Waals surface area contributed by atoms with E-state index >= 15 is 0 Å². The summed E-state index contributed by atoms with van der Waals surface area (Å²) < 4.78 is 7.40. The van der Waals surface area contributed by atoms with Gasteiger partial charge in [-0.05, 0) is 48.7 Å². The van der Waals surface area contributed by atoms with E-state index in [2.05, 4.69) is 35.6 Å². The minimum Gasteiger partial charge on any atom is -0.313 e. The van der Waals surface area contributed by atoms with E-state index in [-0.39, 0.29) is 13.1 Å². The average Bonchev–Trinajstić information content (AvgIpc) is 2.51. The molecule has 0 saturated carbocycles. The summed E-state index contributed by atoms with van der Waals surface area (Å²) in [5.74, 6) is 0.347. The van der Waals surface area contributed by atoms with Crippen LogP contribution in [0.1, 0.15) is 42.9 Å². The van der Waals surface area contributed by atoms with Gasteiger partial charge in [0.25, 0.3) is 0 Å². The van der Waals surface area contributed by atoms with E-state index in [0.29, 0.717) is 16.0 Å². The van der Waals surface area contributed by atoms with Crippen molar-refractivity contribution in [1.82, 2.24) is 5.32 Å². The summed E-state index contributed by atoms with van der Waals surface area (Å²) in [7, 11) is 0.246. The van der Waals surface area contributed by atoms with Gasteiger partial charge in [0.2, 0.25) is 0 Å². The molecule has 0 aromatic heterocycles. The molecule has 0 bridgehead atoms. The Kier molecular flexibility index (Phi) is 3.66. The predicted octanol–water partition coefficient (Wildman–Crippen LogP) is 5.18. The smallest absolute Gasteiger partial charge is 0.0595 e. The number of hydrogen-bond acceptors (Lipinski definition) is 1. The van der Waals surface area contributed by atoms with Crippen molar-refractivity contribution >= 4 is 23.2 Å². The van der Waals surface area contributed by atoms with E-state index in [9.17, 15) is 0 Å². The maximum atomic E-state index is 7.40. The van der Waals surface area contributed by atoms with Crippen molar-refractivity contribution in [2.75, 3.05) is 7.02 Å². The van der Waals surface area contributed by atoms with Gasteiger partial charge < -0.3 is 5.32 Å². The lowest BCUT2D eigenvalue weighted by Gasteiger charge is -2.32. The van der Waals surface area contributed by atoms with Crippen LogP contribution in [-0.4, -0.2) is 7.02 Å². The fourth-order valence-electron chi connectivity index (χ4n) is 3.08. The first-order valence-corrected chi connectivity index (χ1v) is 7.52. The molecule has 0 spiro atoms. The molecular formula is C17H17Cl2N. The van der Waals surface area contributed by atoms with Gasteiger partial charge in [-0.3, -0.25) is 0 Å². The number of nitrogens with one attached hydrogen (secondary N) is 1. The Labute approximate surface area is 131 Å². The molecule has 0 saturated heterocycles. The summed E-state index contributed by atoms with van der Waals surface area (Å²) >= 11 is 12.2. The highest BCUT2D eigenvalue weighted by molar-refractivity contribution is 6.42. The van der Waals surface area contributed by atoms with Crippen LogP contribution in [0, 0.1) is 0 Å². The zero-order valence-corrected chi connectivity index (χ0v) is 12.6. The summed E-state index contributed by atoms with van der Waals surface area (Å²) in [4.78, 5) is 0. The molecule has 1 aliphatic rings. The number of hydrogen-bond donors (Lipinski definition) is 1. The minimum atomic E-state index is 0.246. The number of rotatable bonds is 2. The third-order valence-corrected chi connectivity index (χ3v) is 4.82. The molecule has 3 rings (SSSR count). The Balaban J connectivity index is 2.00. The first-order valence-electron chi connectivity index (χ1n) is 7.48. The molecule has 0 radical (unpaired) electrons. The van der Waals surface area contributed by atoms with Gasteiger partial charge in [-0.15, -0.1) is 0 Å². The van der Waals surface area contributed by atoms with Gasteiger partial charge in [0, 0.05) is 13.3 Å². The molecule has 0 unspecified atom stereocenters. The Hall–Kier alpha value is -1.02. The zero-order valence-electron chi connectivity index (χ0n) is 12.1. The number of benzene rings is 2. The van der Waals surface area contributed by atoms with Crippen LogP contribution in [0.5, 0.6) is 0 Å². The number of fused-ring (bicyclic) bond motifs is 1.